The Bertz CT molecular complexity index is 856. The van der Waals surface area contributed by atoms with Crippen LogP contribution in [0, 0.1) is 0 Å². The van der Waals surface area contributed by atoms with Crippen molar-refractivity contribution in [1.82, 2.24) is 0 Å². The van der Waals surface area contributed by atoms with Crippen molar-refractivity contribution in [2.24, 2.45) is 4.99 Å². The van der Waals surface area contributed by atoms with E-state index >= 15 is 0 Å². The Labute approximate surface area is 156 Å². The summed E-state index contributed by atoms with van der Waals surface area (Å²) >= 11 is 3.55. The number of rotatable bonds is 4. The number of ether oxygens (including phenoxy) is 3. The van der Waals surface area contributed by atoms with Crippen molar-refractivity contribution >= 4 is 33.9 Å². The molecule has 0 saturated heterocycles. The molecule has 1 heterocycles. The highest BCUT2D eigenvalue weighted by atomic mass is 79.9. The summed E-state index contributed by atoms with van der Waals surface area (Å²) in [6.45, 7) is 4.05. The van der Waals surface area contributed by atoms with E-state index in [1.54, 1.807) is 20.4 Å². The molecule has 1 aliphatic rings. The second kappa shape index (κ2) is 6.92. The second-order valence-corrected chi connectivity index (χ2v) is 7.08. The van der Waals surface area contributed by atoms with Crippen molar-refractivity contribution in [3.8, 4) is 17.2 Å². The lowest BCUT2D eigenvalue weighted by atomic mass is 10.0. The summed E-state index contributed by atoms with van der Waals surface area (Å²) in [4.78, 5) is 4.64. The molecular formula is C20H20BrNO3. The third-order valence-corrected chi connectivity index (χ3v) is 4.59. The predicted octanol–water partition coefficient (Wildman–Crippen LogP) is 5.40. The average Bonchev–Trinajstić information content (AvgIpc) is 2.59. The van der Waals surface area contributed by atoms with Gasteiger partial charge < -0.3 is 14.2 Å². The fourth-order valence-electron chi connectivity index (χ4n) is 2.58. The first kappa shape index (κ1) is 17.5. The van der Waals surface area contributed by atoms with Crippen molar-refractivity contribution in [2.75, 3.05) is 14.2 Å². The van der Waals surface area contributed by atoms with Gasteiger partial charge in [0.1, 0.15) is 11.3 Å². The van der Waals surface area contributed by atoms with Crippen LogP contribution in [0.15, 0.2) is 45.9 Å². The summed E-state index contributed by atoms with van der Waals surface area (Å²) in [5.41, 5.74) is 2.36. The summed E-state index contributed by atoms with van der Waals surface area (Å²) in [5.74, 6) is 2.12. The highest BCUT2D eigenvalue weighted by Gasteiger charge is 2.23. The molecule has 0 radical (unpaired) electrons. The number of halogens is 1. The number of aliphatic imine (C=N–C) groups is 1. The zero-order valence-electron chi connectivity index (χ0n) is 14.7. The van der Waals surface area contributed by atoms with E-state index < -0.39 is 0 Å². The highest BCUT2D eigenvalue weighted by molar-refractivity contribution is 9.10. The predicted molar refractivity (Wildman–Crippen MR) is 105 cm³/mol. The van der Waals surface area contributed by atoms with E-state index in [-0.39, 0.29) is 5.60 Å². The van der Waals surface area contributed by atoms with Crippen LogP contribution in [0.2, 0.25) is 0 Å². The number of fused-ring (bicyclic) bond motifs is 1. The van der Waals surface area contributed by atoms with Gasteiger partial charge in [0.25, 0.3) is 0 Å². The molecule has 0 aromatic heterocycles. The molecule has 5 heteroatoms. The zero-order chi connectivity index (χ0) is 18.0. The van der Waals surface area contributed by atoms with Crippen LogP contribution < -0.4 is 14.2 Å². The number of nitrogens with zero attached hydrogens (tertiary/aromatic N) is 1. The van der Waals surface area contributed by atoms with Crippen LogP contribution in [-0.4, -0.2) is 26.0 Å². The normalized spacial score (nSPS) is 14.9. The summed E-state index contributed by atoms with van der Waals surface area (Å²) in [7, 11) is 3.23. The Hall–Kier alpha value is -2.27. The van der Waals surface area contributed by atoms with Crippen molar-refractivity contribution in [2.45, 2.75) is 19.4 Å². The van der Waals surface area contributed by atoms with E-state index in [0.717, 1.165) is 27.0 Å². The van der Waals surface area contributed by atoms with Crippen molar-refractivity contribution in [3.63, 3.8) is 0 Å². The van der Waals surface area contributed by atoms with E-state index in [0.29, 0.717) is 11.5 Å². The fourth-order valence-corrected chi connectivity index (χ4v) is 3.01. The number of hydrogen-bond donors (Lipinski definition) is 0. The van der Waals surface area contributed by atoms with Gasteiger partial charge in [0.15, 0.2) is 17.2 Å². The summed E-state index contributed by atoms with van der Waals surface area (Å²) in [6, 6.07) is 9.68. The number of methoxy groups -OCH3 is 2. The number of para-hydroxylation sites is 1. The molecule has 0 bridgehead atoms. The highest BCUT2D eigenvalue weighted by Crippen LogP contribution is 2.39. The molecule has 0 aliphatic carbocycles. The molecule has 25 heavy (non-hydrogen) atoms. The molecule has 0 atom stereocenters. The molecule has 0 unspecified atom stereocenters. The first-order valence-electron chi connectivity index (χ1n) is 7.90. The third kappa shape index (κ3) is 3.71. The molecular weight excluding hydrogens is 382 g/mol. The summed E-state index contributed by atoms with van der Waals surface area (Å²) in [5, 5.41) is 0. The van der Waals surface area contributed by atoms with Gasteiger partial charge in [-0.2, -0.15) is 0 Å². The van der Waals surface area contributed by atoms with Crippen LogP contribution in [0.1, 0.15) is 25.0 Å². The lowest BCUT2D eigenvalue weighted by Gasteiger charge is -2.28. The minimum atomic E-state index is -0.345. The lowest BCUT2D eigenvalue weighted by Crippen LogP contribution is -2.27. The van der Waals surface area contributed by atoms with E-state index in [1.165, 1.54) is 0 Å². The number of benzene rings is 2. The minimum absolute atomic E-state index is 0.345. The van der Waals surface area contributed by atoms with Gasteiger partial charge in [-0.25, -0.2) is 0 Å². The van der Waals surface area contributed by atoms with Gasteiger partial charge >= 0.3 is 0 Å². The van der Waals surface area contributed by atoms with Gasteiger partial charge in [0.05, 0.1) is 14.2 Å². The Morgan fingerprint density at radius 2 is 1.84 bits per heavy atom. The third-order valence-electron chi connectivity index (χ3n) is 3.90. The molecule has 0 saturated carbocycles. The largest absolute Gasteiger partial charge is 0.493 e. The first-order chi connectivity index (χ1) is 11.9. The number of hydrogen-bond acceptors (Lipinski definition) is 4. The maximum absolute atomic E-state index is 6.09. The van der Waals surface area contributed by atoms with Gasteiger partial charge in [-0.05, 0) is 54.1 Å². The molecule has 0 amide bonds. The quantitative estimate of drug-likeness (QED) is 0.643. The Kier molecular flexibility index (Phi) is 4.86. The van der Waals surface area contributed by atoms with E-state index in [4.69, 9.17) is 14.2 Å². The average molecular weight is 402 g/mol. The van der Waals surface area contributed by atoms with Crippen molar-refractivity contribution in [1.29, 1.82) is 0 Å². The summed E-state index contributed by atoms with van der Waals surface area (Å²) in [6.07, 6.45) is 5.91. The molecule has 0 N–H and O–H groups in total. The molecule has 3 rings (SSSR count). The van der Waals surface area contributed by atoms with Crippen LogP contribution in [0.5, 0.6) is 17.2 Å². The SMILES string of the molecule is COc1cc(Br)c(C=Nc2cccc3c2OC(C)(C)C=C3)cc1OC. The van der Waals surface area contributed by atoms with Gasteiger partial charge in [0.2, 0.25) is 0 Å². The Balaban J connectivity index is 1.98. The molecule has 2 aromatic carbocycles. The first-order valence-corrected chi connectivity index (χ1v) is 8.69. The van der Waals surface area contributed by atoms with Crippen LogP contribution in [0.3, 0.4) is 0 Å². The minimum Gasteiger partial charge on any atom is -0.493 e. The van der Waals surface area contributed by atoms with E-state index in [1.807, 2.05) is 50.3 Å². The molecule has 1 aliphatic heterocycles. The van der Waals surface area contributed by atoms with E-state index in [2.05, 4.69) is 27.0 Å². The fraction of sp³-hybridized carbons (Fsp3) is 0.250. The Morgan fingerprint density at radius 3 is 2.56 bits per heavy atom. The molecule has 0 fully saturated rings. The maximum atomic E-state index is 6.09. The van der Waals surface area contributed by atoms with Gasteiger partial charge in [-0.15, -0.1) is 0 Å². The Morgan fingerprint density at radius 1 is 1.12 bits per heavy atom. The molecule has 130 valence electrons. The summed E-state index contributed by atoms with van der Waals surface area (Å²) < 4.78 is 17.6. The van der Waals surface area contributed by atoms with E-state index in [9.17, 15) is 0 Å². The van der Waals surface area contributed by atoms with Gasteiger partial charge in [-0.3, -0.25) is 4.99 Å². The smallest absolute Gasteiger partial charge is 0.161 e. The second-order valence-electron chi connectivity index (χ2n) is 6.22. The standard InChI is InChI=1S/C20H20BrNO3/c1-20(2)9-8-13-6-5-7-16(19(13)25-20)22-12-14-10-17(23-3)18(24-4)11-15(14)21/h5-12H,1-4H3. The van der Waals surface area contributed by atoms with Crippen LogP contribution >= 0.6 is 15.9 Å². The zero-order valence-corrected chi connectivity index (χ0v) is 16.3. The maximum Gasteiger partial charge on any atom is 0.161 e. The van der Waals surface area contributed by atoms with Crippen molar-refractivity contribution < 1.29 is 14.2 Å². The molecule has 2 aromatic rings. The molecule has 4 nitrogen and oxygen atoms in total. The van der Waals surface area contributed by atoms with Crippen LogP contribution in [0.25, 0.3) is 6.08 Å². The van der Waals surface area contributed by atoms with Crippen LogP contribution in [0.4, 0.5) is 5.69 Å². The topological polar surface area (TPSA) is 40.0 Å². The van der Waals surface area contributed by atoms with Crippen LogP contribution in [-0.2, 0) is 0 Å². The monoisotopic (exact) mass is 401 g/mol. The van der Waals surface area contributed by atoms with Crippen molar-refractivity contribution in [3.05, 3.63) is 52.0 Å². The lowest BCUT2D eigenvalue weighted by molar-refractivity contribution is 0.160. The van der Waals surface area contributed by atoms with Gasteiger partial charge in [0, 0.05) is 21.8 Å². The molecule has 0 spiro atoms. The van der Waals surface area contributed by atoms with Gasteiger partial charge in [-0.1, -0.05) is 18.2 Å².